The van der Waals surface area contributed by atoms with Gasteiger partial charge in [0.15, 0.2) is 0 Å². The molecule has 0 unspecified atom stereocenters. The molecule has 1 fully saturated rings. The summed E-state index contributed by atoms with van der Waals surface area (Å²) in [7, 11) is -2.22. The van der Waals surface area contributed by atoms with Gasteiger partial charge in [0, 0.05) is 26.2 Å². The Morgan fingerprint density at radius 3 is 2.43 bits per heavy atom. The third-order valence-electron chi connectivity index (χ3n) is 4.78. The second-order valence-electron chi connectivity index (χ2n) is 6.71. The first kappa shape index (κ1) is 20.3. The molecular weight excluding hydrogens is 383 g/mol. The van der Waals surface area contributed by atoms with E-state index in [9.17, 15) is 17.6 Å². The van der Waals surface area contributed by atoms with Gasteiger partial charge in [-0.2, -0.15) is 4.31 Å². The van der Waals surface area contributed by atoms with Gasteiger partial charge in [-0.25, -0.2) is 12.8 Å². The zero-order valence-electron chi connectivity index (χ0n) is 15.9. The number of nitrogens with zero attached hydrogens (tertiary/aromatic N) is 2. The average molecular weight is 406 g/mol. The predicted molar refractivity (Wildman–Crippen MR) is 103 cm³/mol. The molecular formula is C20H23FN2O4S. The highest BCUT2D eigenvalue weighted by atomic mass is 32.2. The molecule has 28 heavy (non-hydrogen) atoms. The van der Waals surface area contributed by atoms with E-state index in [0.29, 0.717) is 30.8 Å². The lowest BCUT2D eigenvalue weighted by molar-refractivity contribution is 0.0760. The Hall–Kier alpha value is -2.45. The van der Waals surface area contributed by atoms with Crippen LogP contribution in [0.4, 0.5) is 4.39 Å². The number of amides is 1. The summed E-state index contributed by atoms with van der Waals surface area (Å²) in [6.07, 6.45) is 0.514. The van der Waals surface area contributed by atoms with E-state index < -0.39 is 15.8 Å². The van der Waals surface area contributed by atoms with Gasteiger partial charge in [-0.05, 0) is 49.7 Å². The number of hydrogen-bond donors (Lipinski definition) is 0. The van der Waals surface area contributed by atoms with Crippen molar-refractivity contribution in [3.8, 4) is 5.75 Å². The lowest BCUT2D eigenvalue weighted by atomic mass is 10.1. The van der Waals surface area contributed by atoms with E-state index in [2.05, 4.69) is 0 Å². The van der Waals surface area contributed by atoms with Gasteiger partial charge >= 0.3 is 0 Å². The van der Waals surface area contributed by atoms with Gasteiger partial charge in [0.25, 0.3) is 5.91 Å². The Kier molecular flexibility index (Phi) is 6.00. The first-order chi connectivity index (χ1) is 13.3. The highest BCUT2D eigenvalue weighted by Crippen LogP contribution is 2.23. The molecule has 150 valence electrons. The Labute approximate surface area is 164 Å². The van der Waals surface area contributed by atoms with Crippen LogP contribution in [0.15, 0.2) is 47.4 Å². The molecule has 8 heteroatoms. The van der Waals surface area contributed by atoms with Crippen LogP contribution in [-0.4, -0.2) is 56.8 Å². The molecule has 1 amide bonds. The fourth-order valence-electron chi connectivity index (χ4n) is 3.25. The zero-order chi connectivity index (χ0) is 20.3. The van der Waals surface area contributed by atoms with Crippen LogP contribution < -0.4 is 4.74 Å². The number of rotatable bonds is 4. The van der Waals surface area contributed by atoms with Gasteiger partial charge in [0.2, 0.25) is 10.0 Å². The molecule has 2 aromatic carbocycles. The van der Waals surface area contributed by atoms with E-state index in [1.54, 1.807) is 17.0 Å². The maximum absolute atomic E-state index is 13.1. The molecule has 0 spiro atoms. The number of sulfonamides is 1. The van der Waals surface area contributed by atoms with Crippen molar-refractivity contribution in [3.05, 3.63) is 59.4 Å². The summed E-state index contributed by atoms with van der Waals surface area (Å²) in [6, 6.07) is 10.2. The summed E-state index contributed by atoms with van der Waals surface area (Å²) in [4.78, 5) is 14.7. The standard InChI is InChI=1S/C20H23FN2O4S/c1-15-4-9-19(27-2)18(14-15)20(24)22-10-3-11-23(13-12-22)28(25,26)17-7-5-16(21)6-8-17/h4-9,14H,3,10-13H2,1-2H3. The fourth-order valence-corrected chi connectivity index (χ4v) is 4.72. The van der Waals surface area contributed by atoms with E-state index in [1.807, 2.05) is 13.0 Å². The maximum atomic E-state index is 13.1. The Morgan fingerprint density at radius 2 is 1.75 bits per heavy atom. The summed E-state index contributed by atoms with van der Waals surface area (Å²) >= 11 is 0. The van der Waals surface area contributed by atoms with Crippen LogP contribution in [0.25, 0.3) is 0 Å². The van der Waals surface area contributed by atoms with Crippen molar-refractivity contribution in [2.75, 3.05) is 33.3 Å². The van der Waals surface area contributed by atoms with Crippen LogP contribution >= 0.6 is 0 Å². The monoisotopic (exact) mass is 406 g/mol. The Balaban J connectivity index is 1.77. The molecule has 1 saturated heterocycles. The van der Waals surface area contributed by atoms with Crippen molar-refractivity contribution in [2.45, 2.75) is 18.2 Å². The molecule has 6 nitrogen and oxygen atoms in total. The first-order valence-electron chi connectivity index (χ1n) is 9.02. The first-order valence-corrected chi connectivity index (χ1v) is 10.5. The number of aryl methyl sites for hydroxylation is 1. The van der Waals surface area contributed by atoms with Gasteiger partial charge in [0.05, 0.1) is 17.6 Å². The third-order valence-corrected chi connectivity index (χ3v) is 6.69. The number of carbonyl (C=O) groups excluding carboxylic acids is 1. The minimum Gasteiger partial charge on any atom is -0.496 e. The summed E-state index contributed by atoms with van der Waals surface area (Å²) in [5.74, 6) is -0.170. The highest BCUT2D eigenvalue weighted by molar-refractivity contribution is 7.89. The number of hydrogen-bond acceptors (Lipinski definition) is 4. The van der Waals surface area contributed by atoms with Crippen molar-refractivity contribution >= 4 is 15.9 Å². The highest BCUT2D eigenvalue weighted by Gasteiger charge is 2.29. The lowest BCUT2D eigenvalue weighted by Gasteiger charge is -2.23. The van der Waals surface area contributed by atoms with Crippen LogP contribution in [0.1, 0.15) is 22.3 Å². The smallest absolute Gasteiger partial charge is 0.257 e. The molecule has 2 aromatic rings. The molecule has 1 heterocycles. The van der Waals surface area contributed by atoms with Crippen LogP contribution in [0.2, 0.25) is 0 Å². The summed E-state index contributed by atoms with van der Waals surface area (Å²) in [5, 5.41) is 0. The van der Waals surface area contributed by atoms with E-state index in [1.165, 1.54) is 23.5 Å². The minimum absolute atomic E-state index is 0.0500. The van der Waals surface area contributed by atoms with Crippen LogP contribution in [-0.2, 0) is 10.0 Å². The molecule has 0 saturated carbocycles. The minimum atomic E-state index is -3.73. The fraction of sp³-hybridized carbons (Fsp3) is 0.350. The van der Waals surface area contributed by atoms with Gasteiger partial charge in [-0.3, -0.25) is 4.79 Å². The molecule has 0 N–H and O–H groups in total. The summed E-state index contributed by atoms with van der Waals surface area (Å²) < 4.78 is 45.4. The second kappa shape index (κ2) is 8.28. The topological polar surface area (TPSA) is 66.9 Å². The number of methoxy groups -OCH3 is 1. The molecule has 1 aliphatic rings. The molecule has 1 aliphatic heterocycles. The van der Waals surface area contributed by atoms with Gasteiger partial charge < -0.3 is 9.64 Å². The van der Waals surface area contributed by atoms with Crippen LogP contribution in [0, 0.1) is 12.7 Å². The van der Waals surface area contributed by atoms with Crippen molar-refractivity contribution in [3.63, 3.8) is 0 Å². The van der Waals surface area contributed by atoms with Crippen LogP contribution in [0.5, 0.6) is 5.75 Å². The zero-order valence-corrected chi connectivity index (χ0v) is 16.7. The summed E-state index contributed by atoms with van der Waals surface area (Å²) in [6.45, 7) is 3.10. The average Bonchev–Trinajstić information content (AvgIpc) is 2.94. The number of benzene rings is 2. The Bertz CT molecular complexity index is 961. The number of halogens is 1. The van der Waals surface area contributed by atoms with Crippen molar-refractivity contribution in [2.24, 2.45) is 0 Å². The number of ether oxygens (including phenoxy) is 1. The van der Waals surface area contributed by atoms with E-state index in [-0.39, 0.29) is 23.9 Å². The molecule has 0 aromatic heterocycles. The van der Waals surface area contributed by atoms with Gasteiger partial charge in [0.1, 0.15) is 11.6 Å². The van der Waals surface area contributed by atoms with Crippen molar-refractivity contribution in [1.82, 2.24) is 9.21 Å². The van der Waals surface area contributed by atoms with Crippen molar-refractivity contribution in [1.29, 1.82) is 0 Å². The largest absolute Gasteiger partial charge is 0.496 e. The molecule has 0 bridgehead atoms. The number of carbonyl (C=O) groups is 1. The quantitative estimate of drug-likeness (QED) is 0.783. The van der Waals surface area contributed by atoms with Gasteiger partial charge in [-0.15, -0.1) is 0 Å². The predicted octanol–water partition coefficient (Wildman–Crippen LogP) is 2.68. The molecule has 0 radical (unpaired) electrons. The van der Waals surface area contributed by atoms with E-state index >= 15 is 0 Å². The molecule has 3 rings (SSSR count). The second-order valence-corrected chi connectivity index (χ2v) is 8.65. The van der Waals surface area contributed by atoms with Crippen LogP contribution in [0.3, 0.4) is 0 Å². The normalized spacial score (nSPS) is 15.9. The third kappa shape index (κ3) is 4.18. The molecule has 0 atom stereocenters. The van der Waals surface area contributed by atoms with Gasteiger partial charge in [-0.1, -0.05) is 11.6 Å². The summed E-state index contributed by atoms with van der Waals surface area (Å²) in [5.41, 5.74) is 1.41. The van der Waals surface area contributed by atoms with E-state index in [0.717, 1.165) is 17.7 Å². The van der Waals surface area contributed by atoms with Crippen molar-refractivity contribution < 1.29 is 22.3 Å². The SMILES string of the molecule is COc1ccc(C)cc1C(=O)N1CCCN(S(=O)(=O)c2ccc(F)cc2)CC1. The Morgan fingerprint density at radius 1 is 1.04 bits per heavy atom. The lowest BCUT2D eigenvalue weighted by Crippen LogP contribution is -2.37. The molecule has 0 aliphatic carbocycles. The maximum Gasteiger partial charge on any atom is 0.257 e. The van der Waals surface area contributed by atoms with E-state index in [4.69, 9.17) is 4.74 Å².